The van der Waals surface area contributed by atoms with Gasteiger partial charge in [0.1, 0.15) is 46.4 Å². The van der Waals surface area contributed by atoms with Crippen LogP contribution in [0.15, 0.2) is 72.8 Å². The molecule has 0 aromatic heterocycles. The number of ether oxygens (including phenoxy) is 19. The first-order valence-electron chi connectivity index (χ1n) is 27.1. The number of carbonyl (C=O) groups is 3. The lowest BCUT2D eigenvalue weighted by molar-refractivity contribution is -0.154. The summed E-state index contributed by atoms with van der Waals surface area (Å²) in [4.78, 5) is 41.5. The molecule has 0 amide bonds. The van der Waals surface area contributed by atoms with E-state index >= 15 is 0 Å². The zero-order valence-corrected chi connectivity index (χ0v) is 50.7. The minimum Gasteiger partial charge on any atom is -0.497 e. The number of hydrogen-bond acceptors (Lipinski definition) is 22. The highest BCUT2D eigenvalue weighted by Crippen LogP contribution is 2.63. The zero-order chi connectivity index (χ0) is 61.8. The number of esters is 3. The molecule has 458 valence electrons. The van der Waals surface area contributed by atoms with Gasteiger partial charge >= 0.3 is 17.9 Å². The first-order chi connectivity index (χ1) is 41.5. The Balaban J connectivity index is 1.47. The molecule has 0 radical (unpaired) electrons. The summed E-state index contributed by atoms with van der Waals surface area (Å²) in [6.45, 7) is 3.88. The van der Waals surface area contributed by atoms with Crippen molar-refractivity contribution >= 4 is 17.9 Å². The van der Waals surface area contributed by atoms with Crippen molar-refractivity contribution in [1.29, 1.82) is 0 Å². The van der Waals surface area contributed by atoms with E-state index in [0.29, 0.717) is 84.8 Å². The molecule has 0 aliphatic carbocycles. The van der Waals surface area contributed by atoms with E-state index < -0.39 is 66.4 Å². The fraction of sp³-hybridized carbons (Fsp3) is 0.391. The summed E-state index contributed by atoms with van der Waals surface area (Å²) in [7, 11) is 19.4. The molecule has 0 saturated heterocycles. The number of hydrogen-bond donors (Lipinski definition) is 0. The van der Waals surface area contributed by atoms with E-state index in [2.05, 4.69) is 0 Å². The van der Waals surface area contributed by atoms with Crippen molar-refractivity contribution in [3.05, 3.63) is 117 Å². The highest BCUT2D eigenvalue weighted by atomic mass is 16.6. The Morgan fingerprint density at radius 2 is 0.721 bits per heavy atom. The summed E-state index contributed by atoms with van der Waals surface area (Å²) < 4.78 is 119. The molecule has 6 aromatic rings. The maximum absolute atomic E-state index is 14.0. The Labute approximate surface area is 498 Å². The van der Waals surface area contributed by atoms with Crippen LogP contribution in [0.5, 0.6) is 92.0 Å². The maximum atomic E-state index is 14.0. The van der Waals surface area contributed by atoms with Crippen LogP contribution >= 0.6 is 0 Å². The van der Waals surface area contributed by atoms with Gasteiger partial charge in [-0.15, -0.1) is 0 Å². The number of carbonyl (C=O) groups excluding carboxylic acids is 3. The van der Waals surface area contributed by atoms with Crippen LogP contribution in [-0.2, 0) is 35.0 Å². The van der Waals surface area contributed by atoms with Gasteiger partial charge in [0.15, 0.2) is 65.0 Å². The van der Waals surface area contributed by atoms with Crippen LogP contribution in [0.2, 0.25) is 0 Å². The number of fused-ring (bicyclic) bond motifs is 3. The molecule has 22 nitrogen and oxygen atoms in total. The van der Waals surface area contributed by atoms with Crippen molar-refractivity contribution in [3.63, 3.8) is 0 Å². The van der Waals surface area contributed by atoms with Crippen molar-refractivity contribution in [1.82, 2.24) is 0 Å². The fourth-order valence-corrected chi connectivity index (χ4v) is 11.9. The van der Waals surface area contributed by atoms with Crippen LogP contribution in [0.25, 0.3) is 0 Å². The third-order valence-corrected chi connectivity index (χ3v) is 15.4. The quantitative estimate of drug-likeness (QED) is 0.0482. The summed E-state index contributed by atoms with van der Waals surface area (Å²) in [6.07, 6.45) is -7.27. The Kier molecular flexibility index (Phi) is 18.3. The van der Waals surface area contributed by atoms with Crippen LogP contribution < -0.4 is 75.8 Å². The normalized spacial score (nSPS) is 19.8. The third-order valence-electron chi connectivity index (χ3n) is 15.4. The topological polar surface area (TPSA) is 227 Å². The van der Waals surface area contributed by atoms with Gasteiger partial charge in [-0.05, 0) is 48.5 Å². The van der Waals surface area contributed by atoms with E-state index in [9.17, 15) is 14.4 Å². The predicted molar refractivity (Wildman–Crippen MR) is 308 cm³/mol. The van der Waals surface area contributed by atoms with E-state index in [4.69, 9.17) is 90.0 Å². The molecular weight excluding hydrogens is 1120 g/mol. The van der Waals surface area contributed by atoms with Gasteiger partial charge in [-0.3, -0.25) is 14.4 Å². The van der Waals surface area contributed by atoms with E-state index in [0.717, 1.165) is 0 Å². The largest absolute Gasteiger partial charge is 0.497 e. The van der Waals surface area contributed by atoms with Gasteiger partial charge in [-0.1, -0.05) is 12.1 Å². The van der Waals surface area contributed by atoms with Crippen LogP contribution in [0.1, 0.15) is 95.4 Å². The highest BCUT2D eigenvalue weighted by Gasteiger charge is 2.53. The van der Waals surface area contributed by atoms with Crippen molar-refractivity contribution in [2.45, 2.75) is 75.7 Å². The molecule has 3 heterocycles. The summed E-state index contributed by atoms with van der Waals surface area (Å²) in [5, 5.41) is 0. The SMILES string of the molecule is COc1ccc2c(c1)OC(c1cc(OC)c(OC)c(OC)c1)C(OC(C)=O)C2c1c(OC)c2c(c(C3c4ccc(OC)cc4OC(c4cc(OC)c(OC)c(OC)c4)C3OC(C)=O)c1OC)OC(c1cc(OC)c(OC)c(OC)c1)C(OC(C)=O)C2. The van der Waals surface area contributed by atoms with Crippen LogP contribution in [0.4, 0.5) is 0 Å². The van der Waals surface area contributed by atoms with E-state index in [1.165, 1.54) is 113 Å². The first kappa shape index (κ1) is 61.1. The number of methoxy groups -OCH3 is 13. The predicted octanol–water partition coefficient (Wildman–Crippen LogP) is 9.80. The Morgan fingerprint density at radius 3 is 1.05 bits per heavy atom. The lowest BCUT2D eigenvalue weighted by Crippen LogP contribution is -2.41. The Hall–Kier alpha value is -9.47. The molecule has 8 atom stereocenters. The maximum Gasteiger partial charge on any atom is 0.303 e. The van der Waals surface area contributed by atoms with Gasteiger partial charge in [-0.25, -0.2) is 0 Å². The molecule has 9 rings (SSSR count). The molecule has 0 fully saturated rings. The van der Waals surface area contributed by atoms with E-state index in [1.54, 1.807) is 72.8 Å². The minimum atomic E-state index is -1.31. The smallest absolute Gasteiger partial charge is 0.303 e. The van der Waals surface area contributed by atoms with Crippen molar-refractivity contribution in [3.8, 4) is 92.0 Å². The van der Waals surface area contributed by atoms with Crippen LogP contribution in [-0.4, -0.2) is 129 Å². The number of rotatable bonds is 21. The molecule has 86 heavy (non-hydrogen) atoms. The van der Waals surface area contributed by atoms with Crippen LogP contribution in [0.3, 0.4) is 0 Å². The van der Waals surface area contributed by atoms with Crippen molar-refractivity contribution in [2.24, 2.45) is 0 Å². The van der Waals surface area contributed by atoms with Gasteiger partial charge in [0.2, 0.25) is 17.2 Å². The molecule has 0 saturated carbocycles. The van der Waals surface area contributed by atoms with Gasteiger partial charge < -0.3 is 90.0 Å². The third kappa shape index (κ3) is 11.1. The van der Waals surface area contributed by atoms with Crippen LogP contribution in [0, 0.1) is 0 Å². The molecule has 0 bridgehead atoms. The molecular formula is C64H70O22. The average Bonchev–Trinajstić information content (AvgIpc) is 0.726. The summed E-state index contributed by atoms with van der Waals surface area (Å²) in [5.41, 5.74) is 3.28. The monoisotopic (exact) mass is 1190 g/mol. The van der Waals surface area contributed by atoms with Crippen molar-refractivity contribution < 1.29 is 104 Å². The van der Waals surface area contributed by atoms with Gasteiger partial charge in [-0.2, -0.15) is 0 Å². The molecule has 8 unspecified atom stereocenters. The fourth-order valence-electron chi connectivity index (χ4n) is 11.9. The minimum absolute atomic E-state index is 0.0934. The zero-order valence-electron chi connectivity index (χ0n) is 50.7. The lowest BCUT2D eigenvalue weighted by atomic mass is 9.73. The van der Waals surface area contributed by atoms with Gasteiger partial charge in [0.05, 0.1) is 104 Å². The first-order valence-corrected chi connectivity index (χ1v) is 27.1. The molecule has 3 aliphatic rings. The standard InChI is InChI=1S/C64H70O22/c1-30(65)81-49-29-40-57(76-12)52(50-38-19-17-36(68-4)27-41(38)84-55(63(50)82-31(2)66)34-23-45(72-8)60(78-14)46(24-34)73-9)62(80-16)53(58(40)86-54(49)33-21-43(70-6)59(77-13)44(22-33)71-7)51-39-20-18-37(69-5)28-42(39)85-56(64(51)83-32(3)67)35-25-47(74-10)61(79-15)48(26-35)75-11/h17-28,49-51,54-56,63-64H,29H2,1-16H3. The second kappa shape index (κ2) is 25.8. The Bertz CT molecular complexity index is 3450. The van der Waals surface area contributed by atoms with Crippen molar-refractivity contribution in [2.75, 3.05) is 92.4 Å². The highest BCUT2D eigenvalue weighted by molar-refractivity contribution is 5.74. The summed E-state index contributed by atoms with van der Waals surface area (Å²) in [6, 6.07) is 20.8. The molecule has 0 N–H and O–H groups in total. The summed E-state index contributed by atoms with van der Waals surface area (Å²) >= 11 is 0. The van der Waals surface area contributed by atoms with Gasteiger partial charge in [0.25, 0.3) is 0 Å². The summed E-state index contributed by atoms with van der Waals surface area (Å²) in [5.74, 6) is 0.363. The lowest BCUT2D eigenvalue weighted by Gasteiger charge is -2.44. The van der Waals surface area contributed by atoms with Gasteiger partial charge in [0, 0.05) is 83.8 Å². The number of benzene rings is 6. The second-order valence-electron chi connectivity index (χ2n) is 20.0. The Morgan fingerprint density at radius 1 is 0.372 bits per heavy atom. The molecule has 0 spiro atoms. The second-order valence-corrected chi connectivity index (χ2v) is 20.0. The van der Waals surface area contributed by atoms with E-state index in [1.807, 2.05) is 0 Å². The average molecular weight is 1190 g/mol. The molecule has 22 heteroatoms. The molecule has 6 aromatic carbocycles. The molecule has 3 aliphatic heterocycles. The van der Waals surface area contributed by atoms with E-state index in [-0.39, 0.29) is 58.2 Å².